The van der Waals surface area contributed by atoms with Crippen LogP contribution in [0.25, 0.3) is 0 Å². The lowest BCUT2D eigenvalue weighted by Crippen LogP contribution is -2.60. The maximum Gasteiger partial charge on any atom is 0.416 e. The monoisotopic (exact) mass is 535 g/mol. The summed E-state index contributed by atoms with van der Waals surface area (Å²) in [7, 11) is 0. The van der Waals surface area contributed by atoms with E-state index in [0.29, 0.717) is 44.0 Å². The van der Waals surface area contributed by atoms with Gasteiger partial charge in [-0.2, -0.15) is 13.2 Å². The fraction of sp³-hybridized carbons (Fsp3) is 0.556. The van der Waals surface area contributed by atoms with E-state index in [1.165, 1.54) is 12.1 Å². The third kappa shape index (κ3) is 6.57. The second-order valence-corrected chi connectivity index (χ2v) is 10.0. The number of hydrogen-bond acceptors (Lipinski definition) is 6. The lowest BCUT2D eigenvalue weighted by atomic mass is 9.95. The van der Waals surface area contributed by atoms with E-state index < -0.39 is 11.7 Å². The van der Waals surface area contributed by atoms with Crippen molar-refractivity contribution in [2.45, 2.75) is 57.5 Å². The van der Waals surface area contributed by atoms with Crippen LogP contribution in [0.3, 0.4) is 0 Å². The number of nitrogens with one attached hydrogen (secondary N) is 1. The van der Waals surface area contributed by atoms with Crippen molar-refractivity contribution >= 4 is 17.4 Å². The number of ether oxygens (including phenoxy) is 2. The number of aliphatic imine (C=N–C) groups is 1. The number of amidine groups is 1. The van der Waals surface area contributed by atoms with Crippen molar-refractivity contribution < 1.29 is 27.4 Å². The number of anilines is 1. The zero-order valence-electron chi connectivity index (χ0n) is 21.9. The summed E-state index contributed by atoms with van der Waals surface area (Å²) in [4.78, 5) is 22.2. The zero-order chi connectivity index (χ0) is 27.4. The van der Waals surface area contributed by atoms with Gasteiger partial charge in [-0.15, -0.1) is 0 Å². The minimum absolute atomic E-state index is 0.103. The van der Waals surface area contributed by atoms with Gasteiger partial charge in [0, 0.05) is 55.3 Å². The SMILES string of the molecule is C=C(Nc1cccc(C(F)(F)F)c1)/C(C)=C(\N=C(\C)N)C(=O)N1CCC(N2CCO[C@H]3COCC[C@H]32)CC1. The lowest BCUT2D eigenvalue weighted by Gasteiger charge is -2.49. The Bertz CT molecular complexity index is 1090. The molecule has 1 aromatic carbocycles. The first-order chi connectivity index (χ1) is 18.0. The Balaban J connectivity index is 1.45. The van der Waals surface area contributed by atoms with Crippen molar-refractivity contribution in [1.29, 1.82) is 0 Å². The number of piperidine rings is 1. The maximum atomic E-state index is 13.6. The molecule has 2 atom stereocenters. The van der Waals surface area contributed by atoms with Crippen LogP contribution < -0.4 is 11.1 Å². The molecule has 0 spiro atoms. The van der Waals surface area contributed by atoms with Gasteiger partial charge in [0.25, 0.3) is 5.91 Å². The van der Waals surface area contributed by atoms with E-state index >= 15 is 0 Å². The minimum Gasteiger partial charge on any atom is -0.387 e. The highest BCUT2D eigenvalue weighted by Gasteiger charge is 2.39. The molecule has 3 fully saturated rings. The minimum atomic E-state index is -4.47. The highest BCUT2D eigenvalue weighted by Crippen LogP contribution is 2.32. The molecule has 4 rings (SSSR count). The molecule has 3 N–H and O–H groups in total. The highest BCUT2D eigenvalue weighted by atomic mass is 19.4. The number of hydrogen-bond donors (Lipinski definition) is 2. The number of alkyl halides is 3. The molecule has 208 valence electrons. The smallest absolute Gasteiger partial charge is 0.387 e. The first kappa shape index (κ1) is 28.1. The molecule has 1 aromatic rings. The van der Waals surface area contributed by atoms with Gasteiger partial charge in [-0.3, -0.25) is 9.69 Å². The number of benzene rings is 1. The van der Waals surface area contributed by atoms with Gasteiger partial charge < -0.3 is 25.4 Å². The van der Waals surface area contributed by atoms with E-state index in [0.717, 1.165) is 44.5 Å². The van der Waals surface area contributed by atoms with Gasteiger partial charge in [0.1, 0.15) is 5.70 Å². The molecule has 0 bridgehead atoms. The third-order valence-corrected chi connectivity index (χ3v) is 7.38. The van der Waals surface area contributed by atoms with Gasteiger partial charge in [0.05, 0.1) is 30.7 Å². The summed E-state index contributed by atoms with van der Waals surface area (Å²) in [6.07, 6.45) is -1.76. The van der Waals surface area contributed by atoms with Crippen LogP contribution in [0.1, 0.15) is 38.7 Å². The molecule has 3 aliphatic heterocycles. The third-order valence-electron chi connectivity index (χ3n) is 7.38. The number of morpholine rings is 1. The molecule has 0 aromatic heterocycles. The van der Waals surface area contributed by atoms with Gasteiger partial charge in [0.2, 0.25) is 0 Å². The molecule has 3 saturated heterocycles. The van der Waals surface area contributed by atoms with Crippen LogP contribution in [0, 0.1) is 0 Å². The molecule has 1 amide bonds. The second kappa shape index (κ2) is 11.9. The first-order valence-corrected chi connectivity index (χ1v) is 12.9. The quantitative estimate of drug-likeness (QED) is 0.250. The Morgan fingerprint density at radius 2 is 1.89 bits per heavy atom. The molecule has 0 radical (unpaired) electrons. The number of likely N-dealkylation sites (tertiary alicyclic amines) is 1. The lowest BCUT2D eigenvalue weighted by molar-refractivity contribution is -0.151. The number of fused-ring (bicyclic) bond motifs is 1. The van der Waals surface area contributed by atoms with Crippen LogP contribution in [0.2, 0.25) is 0 Å². The zero-order valence-corrected chi connectivity index (χ0v) is 21.9. The van der Waals surface area contributed by atoms with Gasteiger partial charge in [-0.05, 0) is 51.3 Å². The number of rotatable bonds is 6. The van der Waals surface area contributed by atoms with Crippen LogP contribution in [-0.2, 0) is 20.4 Å². The molecule has 0 saturated carbocycles. The number of nitrogens with zero attached hydrogens (tertiary/aromatic N) is 3. The average Bonchev–Trinajstić information content (AvgIpc) is 2.90. The second-order valence-electron chi connectivity index (χ2n) is 10.0. The summed E-state index contributed by atoms with van der Waals surface area (Å²) in [5, 5.41) is 2.88. The predicted molar refractivity (Wildman–Crippen MR) is 139 cm³/mol. The normalized spacial score (nSPS) is 24.4. The van der Waals surface area contributed by atoms with E-state index in [4.69, 9.17) is 15.2 Å². The number of halogens is 3. The van der Waals surface area contributed by atoms with Crippen LogP contribution >= 0.6 is 0 Å². The van der Waals surface area contributed by atoms with Crippen molar-refractivity contribution in [1.82, 2.24) is 9.80 Å². The van der Waals surface area contributed by atoms with Crippen molar-refractivity contribution in [2.24, 2.45) is 10.7 Å². The standard InChI is InChI=1S/C27H36F3N5O3/c1-17(18(2)32-21-6-4-5-20(15-21)27(28,29)30)25(33-19(3)31)26(36)34-10-7-22(8-11-34)35-12-14-38-24-16-37-13-9-23(24)35/h4-6,15,22-24,32H,2,7-14,16H2,1,3H3,(H2,31,33)/b25-17-/t23-,24+/m1/s1. The molecule has 3 aliphatic rings. The van der Waals surface area contributed by atoms with Crippen molar-refractivity contribution in [3.63, 3.8) is 0 Å². The number of amides is 1. The van der Waals surface area contributed by atoms with Crippen LogP contribution in [0.4, 0.5) is 18.9 Å². The summed E-state index contributed by atoms with van der Waals surface area (Å²) in [5.74, 6) is -0.0722. The number of allylic oxidation sites excluding steroid dienone is 1. The van der Waals surface area contributed by atoms with E-state index in [1.54, 1.807) is 18.7 Å². The van der Waals surface area contributed by atoms with Crippen molar-refractivity contribution in [3.8, 4) is 0 Å². The van der Waals surface area contributed by atoms with Gasteiger partial charge in [-0.1, -0.05) is 12.6 Å². The van der Waals surface area contributed by atoms with Gasteiger partial charge in [0.15, 0.2) is 0 Å². The van der Waals surface area contributed by atoms with Gasteiger partial charge >= 0.3 is 6.18 Å². The Morgan fingerprint density at radius 3 is 2.58 bits per heavy atom. The van der Waals surface area contributed by atoms with Crippen LogP contribution in [0.15, 0.2) is 52.8 Å². The van der Waals surface area contributed by atoms with E-state index in [2.05, 4.69) is 21.8 Å². The topological polar surface area (TPSA) is 92.4 Å². The van der Waals surface area contributed by atoms with E-state index in [-0.39, 0.29) is 34.9 Å². The molecule has 38 heavy (non-hydrogen) atoms. The first-order valence-electron chi connectivity index (χ1n) is 12.9. The van der Waals surface area contributed by atoms with Gasteiger partial charge in [-0.25, -0.2) is 4.99 Å². The molecular weight excluding hydrogens is 499 g/mol. The Morgan fingerprint density at radius 1 is 1.16 bits per heavy atom. The van der Waals surface area contributed by atoms with Crippen molar-refractivity contribution in [2.75, 3.05) is 44.8 Å². The molecule has 3 heterocycles. The largest absolute Gasteiger partial charge is 0.416 e. The fourth-order valence-corrected chi connectivity index (χ4v) is 5.37. The van der Waals surface area contributed by atoms with E-state index in [1.807, 2.05) is 0 Å². The predicted octanol–water partition coefficient (Wildman–Crippen LogP) is 3.76. The Hall–Kier alpha value is -2.89. The Kier molecular flexibility index (Phi) is 8.79. The Labute approximate surface area is 221 Å². The summed E-state index contributed by atoms with van der Waals surface area (Å²) < 4.78 is 50.9. The number of carbonyl (C=O) groups is 1. The molecule has 0 unspecified atom stereocenters. The highest BCUT2D eigenvalue weighted by molar-refractivity contribution is 5.97. The summed E-state index contributed by atoms with van der Waals surface area (Å²) >= 11 is 0. The van der Waals surface area contributed by atoms with Crippen molar-refractivity contribution in [3.05, 3.63) is 53.4 Å². The molecule has 8 nitrogen and oxygen atoms in total. The maximum absolute atomic E-state index is 13.6. The molecule has 0 aliphatic carbocycles. The van der Waals surface area contributed by atoms with Crippen LogP contribution in [0.5, 0.6) is 0 Å². The average molecular weight is 536 g/mol. The number of carbonyl (C=O) groups excluding carboxylic acids is 1. The van der Waals surface area contributed by atoms with Crippen LogP contribution in [-0.4, -0.2) is 79.2 Å². The fourth-order valence-electron chi connectivity index (χ4n) is 5.37. The summed E-state index contributed by atoms with van der Waals surface area (Å²) in [6.45, 7) is 11.2. The number of nitrogens with two attached hydrogens (primary N) is 1. The summed E-state index contributed by atoms with van der Waals surface area (Å²) in [6, 6.07) is 5.52. The van der Waals surface area contributed by atoms with E-state index in [9.17, 15) is 18.0 Å². The molecular formula is C27H36F3N5O3. The molecule has 11 heteroatoms. The summed E-state index contributed by atoms with van der Waals surface area (Å²) in [5.41, 5.74) is 6.09.